The van der Waals surface area contributed by atoms with Gasteiger partial charge in [-0.1, -0.05) is 54.6 Å². The SMILES string of the molecule is CCN(Cc1ccc(C(=O)N(C)C)cc1)C(=O)CNC(=O)Cc1cccc2ccccc12. The molecule has 0 radical (unpaired) electrons. The van der Waals surface area contributed by atoms with Gasteiger partial charge in [0.2, 0.25) is 11.8 Å². The number of likely N-dealkylation sites (N-methyl/N-ethyl adjacent to an activating group) is 1. The number of nitrogens with one attached hydrogen (secondary N) is 1. The fourth-order valence-corrected chi connectivity index (χ4v) is 3.58. The van der Waals surface area contributed by atoms with E-state index in [0.717, 1.165) is 21.9 Å². The molecule has 3 rings (SSSR count). The maximum atomic E-state index is 12.7. The van der Waals surface area contributed by atoms with E-state index < -0.39 is 0 Å². The molecule has 0 spiro atoms. The van der Waals surface area contributed by atoms with Gasteiger partial charge in [-0.25, -0.2) is 0 Å². The fraction of sp³-hybridized carbons (Fsp3) is 0.269. The predicted molar refractivity (Wildman–Crippen MR) is 126 cm³/mol. The van der Waals surface area contributed by atoms with Crippen LogP contribution in [-0.4, -0.2) is 54.7 Å². The molecule has 0 unspecified atom stereocenters. The Kier molecular flexibility index (Phi) is 7.60. The summed E-state index contributed by atoms with van der Waals surface area (Å²) >= 11 is 0. The van der Waals surface area contributed by atoms with Crippen LogP contribution in [0.15, 0.2) is 66.7 Å². The average Bonchev–Trinajstić information content (AvgIpc) is 2.81. The fourth-order valence-electron chi connectivity index (χ4n) is 3.58. The van der Waals surface area contributed by atoms with Gasteiger partial charge in [-0.15, -0.1) is 0 Å². The molecular weight excluding hydrogens is 402 g/mol. The smallest absolute Gasteiger partial charge is 0.253 e. The molecule has 0 heterocycles. The second kappa shape index (κ2) is 10.6. The minimum atomic E-state index is -0.183. The van der Waals surface area contributed by atoms with E-state index in [4.69, 9.17) is 0 Å². The van der Waals surface area contributed by atoms with E-state index in [9.17, 15) is 14.4 Å². The Bertz CT molecular complexity index is 1100. The topological polar surface area (TPSA) is 69.7 Å². The first-order valence-corrected chi connectivity index (χ1v) is 10.7. The van der Waals surface area contributed by atoms with Crippen LogP contribution in [0, 0.1) is 0 Å². The Morgan fingerprint density at radius 3 is 2.25 bits per heavy atom. The van der Waals surface area contributed by atoms with Crippen molar-refractivity contribution < 1.29 is 14.4 Å². The molecule has 166 valence electrons. The zero-order valence-corrected chi connectivity index (χ0v) is 18.8. The molecule has 0 aliphatic rings. The van der Waals surface area contributed by atoms with Crippen LogP contribution in [0.3, 0.4) is 0 Å². The first-order chi connectivity index (χ1) is 15.4. The second-order valence-electron chi connectivity index (χ2n) is 7.90. The average molecular weight is 432 g/mol. The predicted octanol–water partition coefficient (Wildman–Crippen LogP) is 3.25. The number of rotatable bonds is 8. The van der Waals surface area contributed by atoms with Gasteiger partial charge in [0.05, 0.1) is 13.0 Å². The third kappa shape index (κ3) is 5.72. The van der Waals surface area contributed by atoms with Crippen molar-refractivity contribution in [2.24, 2.45) is 0 Å². The third-order valence-electron chi connectivity index (χ3n) is 5.38. The molecule has 0 atom stereocenters. The third-order valence-corrected chi connectivity index (χ3v) is 5.38. The van der Waals surface area contributed by atoms with Crippen LogP contribution < -0.4 is 5.32 Å². The molecule has 1 N–H and O–H groups in total. The van der Waals surface area contributed by atoms with Crippen LogP contribution in [0.4, 0.5) is 0 Å². The van der Waals surface area contributed by atoms with Crippen molar-refractivity contribution in [3.63, 3.8) is 0 Å². The van der Waals surface area contributed by atoms with Crippen molar-refractivity contribution in [3.05, 3.63) is 83.4 Å². The molecule has 0 aromatic heterocycles. The molecule has 0 fully saturated rings. The van der Waals surface area contributed by atoms with Gasteiger partial charge in [0.1, 0.15) is 0 Å². The van der Waals surface area contributed by atoms with Crippen LogP contribution in [0.25, 0.3) is 10.8 Å². The lowest BCUT2D eigenvalue weighted by molar-refractivity contribution is -0.133. The highest BCUT2D eigenvalue weighted by atomic mass is 16.2. The molecule has 3 amide bonds. The van der Waals surface area contributed by atoms with E-state index in [2.05, 4.69) is 5.32 Å². The van der Waals surface area contributed by atoms with Gasteiger partial charge < -0.3 is 15.1 Å². The Morgan fingerprint density at radius 2 is 1.56 bits per heavy atom. The van der Waals surface area contributed by atoms with Crippen LogP contribution in [0.1, 0.15) is 28.4 Å². The van der Waals surface area contributed by atoms with Gasteiger partial charge in [0.25, 0.3) is 5.91 Å². The summed E-state index contributed by atoms with van der Waals surface area (Å²) in [5, 5.41) is 4.88. The number of carbonyl (C=O) groups is 3. The highest BCUT2D eigenvalue weighted by Crippen LogP contribution is 2.18. The molecule has 0 saturated heterocycles. The summed E-state index contributed by atoms with van der Waals surface area (Å²) < 4.78 is 0. The Morgan fingerprint density at radius 1 is 0.875 bits per heavy atom. The van der Waals surface area contributed by atoms with Gasteiger partial charge in [-0.05, 0) is 41.0 Å². The van der Waals surface area contributed by atoms with Crippen LogP contribution in [-0.2, 0) is 22.6 Å². The van der Waals surface area contributed by atoms with E-state index >= 15 is 0 Å². The van der Waals surface area contributed by atoms with E-state index in [0.29, 0.717) is 18.7 Å². The first-order valence-electron chi connectivity index (χ1n) is 10.7. The number of hydrogen-bond acceptors (Lipinski definition) is 3. The molecule has 6 heteroatoms. The standard InChI is InChI=1S/C26H29N3O3/c1-4-29(18-19-12-14-21(15-13-19)26(32)28(2)3)25(31)17-27-24(30)16-22-10-7-9-20-8-5-6-11-23(20)22/h5-15H,4,16-18H2,1-3H3,(H,27,30). The summed E-state index contributed by atoms with van der Waals surface area (Å²) in [7, 11) is 3.42. The number of nitrogens with zero attached hydrogens (tertiary/aromatic N) is 2. The Hall–Kier alpha value is -3.67. The van der Waals surface area contributed by atoms with Crippen molar-refractivity contribution >= 4 is 28.5 Å². The molecule has 32 heavy (non-hydrogen) atoms. The lowest BCUT2D eigenvalue weighted by atomic mass is 10.0. The van der Waals surface area contributed by atoms with Crippen LogP contribution in [0.2, 0.25) is 0 Å². The van der Waals surface area contributed by atoms with Crippen molar-refractivity contribution in [2.45, 2.75) is 19.9 Å². The second-order valence-corrected chi connectivity index (χ2v) is 7.90. The van der Waals surface area contributed by atoms with Gasteiger partial charge in [0, 0.05) is 32.7 Å². The summed E-state index contributed by atoms with van der Waals surface area (Å²) in [6, 6.07) is 21.1. The number of benzene rings is 3. The molecule has 0 bridgehead atoms. The molecule has 0 aliphatic heterocycles. The van der Waals surface area contributed by atoms with Gasteiger partial charge in [-0.2, -0.15) is 0 Å². The molecule has 0 aliphatic carbocycles. The molecule has 0 saturated carbocycles. The van der Waals surface area contributed by atoms with Gasteiger partial charge in [0.15, 0.2) is 0 Å². The number of hydrogen-bond donors (Lipinski definition) is 1. The summed E-state index contributed by atoms with van der Waals surface area (Å²) in [6.45, 7) is 2.80. The molecule has 3 aromatic carbocycles. The lowest BCUT2D eigenvalue weighted by Crippen LogP contribution is -2.40. The lowest BCUT2D eigenvalue weighted by Gasteiger charge is -2.21. The maximum Gasteiger partial charge on any atom is 0.253 e. The zero-order chi connectivity index (χ0) is 23.1. The molecule has 3 aromatic rings. The first kappa shape index (κ1) is 23.0. The van der Waals surface area contributed by atoms with Crippen molar-refractivity contribution in [1.82, 2.24) is 15.1 Å². The van der Waals surface area contributed by atoms with E-state index in [1.54, 1.807) is 31.1 Å². The summed E-state index contributed by atoms with van der Waals surface area (Å²) in [5.74, 6) is -0.390. The monoisotopic (exact) mass is 431 g/mol. The molecular formula is C26H29N3O3. The summed E-state index contributed by atoms with van der Waals surface area (Å²) in [4.78, 5) is 40.4. The van der Waals surface area contributed by atoms with Crippen molar-refractivity contribution in [1.29, 1.82) is 0 Å². The number of carbonyl (C=O) groups excluding carboxylic acids is 3. The summed E-state index contributed by atoms with van der Waals surface area (Å²) in [6.07, 6.45) is 0.224. The minimum Gasteiger partial charge on any atom is -0.347 e. The largest absolute Gasteiger partial charge is 0.347 e. The quantitative estimate of drug-likeness (QED) is 0.595. The summed E-state index contributed by atoms with van der Waals surface area (Å²) in [5.41, 5.74) is 2.47. The zero-order valence-electron chi connectivity index (χ0n) is 18.8. The van der Waals surface area contributed by atoms with Gasteiger partial charge >= 0.3 is 0 Å². The van der Waals surface area contributed by atoms with Crippen LogP contribution >= 0.6 is 0 Å². The highest BCUT2D eigenvalue weighted by molar-refractivity contribution is 5.94. The number of amides is 3. The number of fused-ring (bicyclic) bond motifs is 1. The minimum absolute atomic E-state index is 0.0470. The Labute approximate surface area is 188 Å². The molecule has 6 nitrogen and oxygen atoms in total. The normalized spacial score (nSPS) is 10.6. The van der Waals surface area contributed by atoms with E-state index in [-0.39, 0.29) is 30.7 Å². The van der Waals surface area contributed by atoms with E-state index in [1.165, 1.54) is 4.90 Å². The van der Waals surface area contributed by atoms with Crippen molar-refractivity contribution in [3.8, 4) is 0 Å². The van der Waals surface area contributed by atoms with E-state index in [1.807, 2.05) is 61.5 Å². The van der Waals surface area contributed by atoms with Gasteiger partial charge in [-0.3, -0.25) is 14.4 Å². The maximum absolute atomic E-state index is 12.7. The Balaban J connectivity index is 1.55. The highest BCUT2D eigenvalue weighted by Gasteiger charge is 2.15. The van der Waals surface area contributed by atoms with Crippen molar-refractivity contribution in [2.75, 3.05) is 27.2 Å². The van der Waals surface area contributed by atoms with Crippen LogP contribution in [0.5, 0.6) is 0 Å².